The van der Waals surface area contributed by atoms with Gasteiger partial charge in [-0.15, -0.1) is 0 Å². The smallest absolute Gasteiger partial charge is 0.238 e. The Morgan fingerprint density at radius 3 is 2.64 bits per heavy atom. The first-order valence-corrected chi connectivity index (χ1v) is 11.5. The van der Waals surface area contributed by atoms with Gasteiger partial charge in [0.05, 0.1) is 15.9 Å². The number of nitrogens with one attached hydrogen (secondary N) is 1. The van der Waals surface area contributed by atoms with E-state index >= 15 is 0 Å². The quantitative estimate of drug-likeness (QED) is 0.667. The molecule has 7 nitrogen and oxygen atoms in total. The summed E-state index contributed by atoms with van der Waals surface area (Å²) in [6, 6.07) is 4.74. The van der Waals surface area contributed by atoms with E-state index in [1.165, 1.54) is 25.0 Å². The van der Waals surface area contributed by atoms with Gasteiger partial charge in [0.15, 0.2) is 0 Å². The molecular weight excluding hydrogens is 376 g/mol. The molecule has 0 radical (unpaired) electrons. The van der Waals surface area contributed by atoms with Crippen LogP contribution in [0.3, 0.4) is 0 Å². The fourth-order valence-corrected chi connectivity index (χ4v) is 4.24. The van der Waals surface area contributed by atoms with Gasteiger partial charge < -0.3 is 9.88 Å². The molecule has 8 heteroatoms. The number of primary sulfonamides is 1. The molecule has 0 atom stereocenters. The lowest BCUT2D eigenvalue weighted by Gasteiger charge is -2.20. The number of sulfonamides is 1. The van der Waals surface area contributed by atoms with Gasteiger partial charge in [0.2, 0.25) is 15.9 Å². The molecule has 1 amide bonds. The molecule has 1 aliphatic rings. The second kappa shape index (κ2) is 7.83. The number of hydrogen-bond donors (Lipinski definition) is 2. The van der Waals surface area contributed by atoms with E-state index in [0.29, 0.717) is 24.3 Å². The Morgan fingerprint density at radius 2 is 2.07 bits per heavy atom. The zero-order valence-corrected chi connectivity index (χ0v) is 17.7. The van der Waals surface area contributed by atoms with E-state index in [4.69, 9.17) is 5.14 Å². The van der Waals surface area contributed by atoms with Crippen LogP contribution >= 0.6 is 0 Å². The van der Waals surface area contributed by atoms with Crippen LogP contribution < -0.4 is 10.5 Å². The highest BCUT2D eigenvalue weighted by Crippen LogP contribution is 2.51. The van der Waals surface area contributed by atoms with Crippen LogP contribution in [0.4, 0.5) is 0 Å². The predicted octanol–water partition coefficient (Wildman–Crippen LogP) is 2.58. The SMILES string of the molecule is CCCn1c(CCC(=O)NCC2(C(C)C)CC2)nc2cc(S(N)(=O)=O)ccc21. The molecule has 0 aliphatic heterocycles. The topological polar surface area (TPSA) is 107 Å². The molecule has 0 unspecified atom stereocenters. The first-order chi connectivity index (χ1) is 13.2. The van der Waals surface area contributed by atoms with E-state index in [0.717, 1.165) is 30.9 Å². The van der Waals surface area contributed by atoms with Crippen LogP contribution in [0.15, 0.2) is 23.1 Å². The number of fused-ring (bicyclic) bond motifs is 1. The molecule has 154 valence electrons. The minimum Gasteiger partial charge on any atom is -0.356 e. The van der Waals surface area contributed by atoms with Gasteiger partial charge in [0.1, 0.15) is 5.82 Å². The Balaban J connectivity index is 1.72. The van der Waals surface area contributed by atoms with E-state index < -0.39 is 10.0 Å². The third-order valence-electron chi connectivity index (χ3n) is 5.90. The van der Waals surface area contributed by atoms with Gasteiger partial charge in [0, 0.05) is 25.9 Å². The maximum absolute atomic E-state index is 12.3. The van der Waals surface area contributed by atoms with Crippen molar-refractivity contribution in [2.75, 3.05) is 6.54 Å². The molecular formula is C20H30N4O3S. The summed E-state index contributed by atoms with van der Waals surface area (Å²) >= 11 is 0. The highest BCUT2D eigenvalue weighted by Gasteiger charge is 2.45. The normalized spacial score (nSPS) is 15.9. The highest BCUT2D eigenvalue weighted by molar-refractivity contribution is 7.89. The van der Waals surface area contributed by atoms with Gasteiger partial charge in [-0.2, -0.15) is 0 Å². The first-order valence-electron chi connectivity index (χ1n) is 9.95. The summed E-state index contributed by atoms with van der Waals surface area (Å²) in [5.41, 5.74) is 1.74. The van der Waals surface area contributed by atoms with Gasteiger partial charge in [-0.05, 0) is 48.8 Å². The third kappa shape index (κ3) is 4.38. The molecule has 1 aromatic carbocycles. The molecule has 1 saturated carbocycles. The van der Waals surface area contributed by atoms with E-state index in [2.05, 4.69) is 35.6 Å². The number of nitrogens with zero attached hydrogens (tertiary/aromatic N) is 2. The molecule has 28 heavy (non-hydrogen) atoms. The fraction of sp³-hybridized carbons (Fsp3) is 0.600. The Bertz CT molecular complexity index is 975. The minimum absolute atomic E-state index is 0.0345. The number of amides is 1. The van der Waals surface area contributed by atoms with Crippen LogP contribution in [0.5, 0.6) is 0 Å². The summed E-state index contributed by atoms with van der Waals surface area (Å²) in [4.78, 5) is 17.0. The Labute approximate surface area is 166 Å². The van der Waals surface area contributed by atoms with E-state index in [-0.39, 0.29) is 16.2 Å². The summed E-state index contributed by atoms with van der Waals surface area (Å²) in [6.07, 6.45) is 4.16. The van der Waals surface area contributed by atoms with E-state index in [1.807, 2.05) is 0 Å². The maximum Gasteiger partial charge on any atom is 0.238 e. The van der Waals surface area contributed by atoms with Crippen molar-refractivity contribution < 1.29 is 13.2 Å². The van der Waals surface area contributed by atoms with Crippen molar-refractivity contribution >= 4 is 27.0 Å². The van der Waals surface area contributed by atoms with Crippen LogP contribution in [-0.4, -0.2) is 30.4 Å². The average molecular weight is 407 g/mol. The zero-order valence-electron chi connectivity index (χ0n) is 16.9. The molecule has 0 bridgehead atoms. The summed E-state index contributed by atoms with van der Waals surface area (Å²) in [7, 11) is -3.77. The van der Waals surface area contributed by atoms with Gasteiger partial charge in [0.25, 0.3) is 0 Å². The first kappa shape index (κ1) is 20.8. The molecule has 3 rings (SSSR count). The second-order valence-corrected chi connectivity index (χ2v) is 9.73. The van der Waals surface area contributed by atoms with Crippen molar-refractivity contribution in [2.45, 2.75) is 64.3 Å². The largest absolute Gasteiger partial charge is 0.356 e. The standard InChI is InChI=1S/C20H30N4O3S/c1-4-11-24-17-6-5-15(28(21,26)27)12-16(17)23-18(24)7-8-19(25)22-13-20(9-10-20)14(2)3/h5-6,12,14H,4,7-11,13H2,1-3H3,(H,22,25)(H2,21,26,27). The Hall–Kier alpha value is -1.93. The molecule has 1 aliphatic carbocycles. The molecule has 1 heterocycles. The number of hydrogen-bond acceptors (Lipinski definition) is 4. The van der Waals surface area contributed by atoms with Crippen LogP contribution in [0.2, 0.25) is 0 Å². The lowest BCUT2D eigenvalue weighted by atomic mass is 9.92. The lowest BCUT2D eigenvalue weighted by molar-refractivity contribution is -0.121. The lowest BCUT2D eigenvalue weighted by Crippen LogP contribution is -2.32. The molecule has 2 aromatic rings. The van der Waals surface area contributed by atoms with Crippen molar-refractivity contribution in [1.82, 2.24) is 14.9 Å². The van der Waals surface area contributed by atoms with Crippen LogP contribution in [0.25, 0.3) is 11.0 Å². The van der Waals surface area contributed by atoms with Crippen molar-refractivity contribution in [3.8, 4) is 0 Å². The fourth-order valence-electron chi connectivity index (χ4n) is 3.71. The van der Waals surface area contributed by atoms with E-state index in [9.17, 15) is 13.2 Å². The van der Waals surface area contributed by atoms with Crippen molar-refractivity contribution in [3.05, 3.63) is 24.0 Å². The number of benzene rings is 1. The van der Waals surface area contributed by atoms with Crippen molar-refractivity contribution in [3.63, 3.8) is 0 Å². The van der Waals surface area contributed by atoms with Crippen molar-refractivity contribution in [2.24, 2.45) is 16.5 Å². The third-order valence-corrected chi connectivity index (χ3v) is 6.82. The number of rotatable bonds is 9. The summed E-state index contributed by atoms with van der Waals surface area (Å²) in [5.74, 6) is 1.41. The monoisotopic (exact) mass is 406 g/mol. The number of carbonyl (C=O) groups is 1. The van der Waals surface area contributed by atoms with Crippen LogP contribution in [0.1, 0.15) is 52.3 Å². The van der Waals surface area contributed by atoms with Crippen molar-refractivity contribution in [1.29, 1.82) is 0 Å². The number of aryl methyl sites for hydroxylation is 2. The van der Waals surface area contributed by atoms with Gasteiger partial charge in [-0.3, -0.25) is 4.79 Å². The van der Waals surface area contributed by atoms with Crippen LogP contribution in [0, 0.1) is 11.3 Å². The minimum atomic E-state index is -3.77. The second-order valence-electron chi connectivity index (χ2n) is 8.17. The molecule has 0 spiro atoms. The number of nitrogens with two attached hydrogens (primary N) is 1. The average Bonchev–Trinajstić information content (AvgIpc) is 3.35. The number of carbonyl (C=O) groups excluding carboxylic acids is 1. The Morgan fingerprint density at radius 1 is 1.36 bits per heavy atom. The number of aromatic nitrogens is 2. The highest BCUT2D eigenvalue weighted by atomic mass is 32.2. The number of imidazole rings is 1. The zero-order chi connectivity index (χ0) is 20.5. The van der Waals surface area contributed by atoms with Crippen LogP contribution in [-0.2, 0) is 27.8 Å². The molecule has 1 aromatic heterocycles. The summed E-state index contributed by atoms with van der Waals surface area (Å²) in [5, 5.41) is 8.31. The maximum atomic E-state index is 12.3. The van der Waals surface area contributed by atoms with E-state index in [1.54, 1.807) is 6.07 Å². The van der Waals surface area contributed by atoms with Gasteiger partial charge in [-0.25, -0.2) is 18.5 Å². The summed E-state index contributed by atoms with van der Waals surface area (Å²) in [6.45, 7) is 8.00. The molecule has 0 saturated heterocycles. The molecule has 3 N–H and O–H groups in total. The van der Waals surface area contributed by atoms with Gasteiger partial charge in [-0.1, -0.05) is 20.8 Å². The summed E-state index contributed by atoms with van der Waals surface area (Å²) < 4.78 is 25.3. The Kier molecular flexibility index (Phi) is 5.82. The molecule has 1 fully saturated rings. The predicted molar refractivity (Wildman–Crippen MR) is 109 cm³/mol. The van der Waals surface area contributed by atoms with Gasteiger partial charge >= 0.3 is 0 Å².